The molecular weight excluding hydrogens is 593 g/mol. The number of halogens is 3. The van der Waals surface area contributed by atoms with Crippen LogP contribution in [-0.2, 0) is 38.2 Å². The third-order valence-corrected chi connectivity index (χ3v) is 10.1. The molecule has 0 radical (unpaired) electrons. The molecule has 0 saturated heterocycles. The van der Waals surface area contributed by atoms with Gasteiger partial charge in [0.25, 0.3) is 0 Å². The van der Waals surface area contributed by atoms with Gasteiger partial charge in [0.15, 0.2) is 17.2 Å². The van der Waals surface area contributed by atoms with E-state index in [1.807, 2.05) is 27.7 Å². The van der Waals surface area contributed by atoms with Gasteiger partial charge in [-0.05, 0) is 69.4 Å². The number of phenolic OH excluding ortho intramolecular Hbond substituents is 1. The summed E-state index contributed by atoms with van der Waals surface area (Å²) in [5, 5.41) is 20.2. The molecule has 1 amide bonds. The molecule has 4 N–H and O–H groups in total. The first kappa shape index (κ1) is 34.6. The molecule has 3 aliphatic rings. The molecule has 0 aliphatic heterocycles. The van der Waals surface area contributed by atoms with E-state index >= 15 is 0 Å². The summed E-state index contributed by atoms with van der Waals surface area (Å²) in [5.41, 5.74) is 0.964. The summed E-state index contributed by atoms with van der Waals surface area (Å²) >= 11 is 0. The van der Waals surface area contributed by atoms with Crippen molar-refractivity contribution in [1.82, 2.24) is 9.80 Å². The fraction of sp³-hybridized carbons (Fsp3) is 0.625. The van der Waals surface area contributed by atoms with E-state index in [4.69, 9.17) is 20.6 Å². The summed E-state index contributed by atoms with van der Waals surface area (Å²) in [5.74, 6) is -6.82. The van der Waals surface area contributed by atoms with Crippen molar-refractivity contribution in [3.8, 4) is 5.75 Å². The van der Waals surface area contributed by atoms with Crippen molar-refractivity contribution < 1.29 is 42.1 Å². The van der Waals surface area contributed by atoms with Crippen LogP contribution in [0.3, 0.4) is 0 Å². The van der Waals surface area contributed by atoms with Crippen LogP contribution in [-0.4, -0.2) is 91.1 Å². The van der Waals surface area contributed by atoms with Gasteiger partial charge in [-0.25, -0.2) is 0 Å². The number of aromatic hydroxyl groups is 1. The zero-order valence-electron chi connectivity index (χ0n) is 27.2. The second kappa shape index (κ2) is 11.5. The molecule has 0 bridgehead atoms. The smallest absolute Gasteiger partial charge is 0.417 e. The maximum atomic E-state index is 14.9. The maximum Gasteiger partial charge on any atom is 0.417 e. The first-order valence-corrected chi connectivity index (χ1v) is 14.8. The maximum absolute atomic E-state index is 14.9. The number of alkyl halides is 3. The van der Waals surface area contributed by atoms with Gasteiger partial charge < -0.3 is 25.7 Å². The van der Waals surface area contributed by atoms with Crippen molar-refractivity contribution in [2.45, 2.75) is 70.9 Å². The van der Waals surface area contributed by atoms with Gasteiger partial charge in [-0.2, -0.15) is 13.2 Å². The van der Waals surface area contributed by atoms with Crippen molar-refractivity contribution in [3.63, 3.8) is 0 Å². The molecule has 0 spiro atoms. The Hall–Kier alpha value is -3.29. The van der Waals surface area contributed by atoms with E-state index in [0.717, 1.165) is 6.07 Å². The number of nitrogens with zero attached hydrogens (tertiary/aromatic N) is 2. The minimum absolute atomic E-state index is 0.0348. The summed E-state index contributed by atoms with van der Waals surface area (Å²) in [6.45, 7) is 7.73. The van der Waals surface area contributed by atoms with Crippen molar-refractivity contribution in [2.24, 2.45) is 28.9 Å². The molecule has 1 aromatic carbocycles. The number of Topliss-reactive ketones (excluding diaryl/α,β-unsaturated/α-hetero) is 2. The average Bonchev–Trinajstić information content (AvgIpc) is 2.89. The number of hydrogen-bond acceptors (Lipinski definition) is 9. The summed E-state index contributed by atoms with van der Waals surface area (Å²) in [7, 11) is 7.40. The molecule has 1 fully saturated rings. The van der Waals surface area contributed by atoms with E-state index in [-0.39, 0.29) is 53.3 Å². The summed E-state index contributed by atoms with van der Waals surface area (Å²) in [6.07, 6.45) is -5.17. The number of carbonyl (C=O) groups is 3. The second-order valence-electron chi connectivity index (χ2n) is 13.8. The predicted octanol–water partition coefficient (Wildman–Crippen LogP) is 3.57. The van der Waals surface area contributed by atoms with E-state index in [9.17, 15) is 32.7 Å². The fourth-order valence-electron chi connectivity index (χ4n) is 7.70. The van der Waals surface area contributed by atoms with E-state index in [1.165, 1.54) is 14.2 Å². The van der Waals surface area contributed by atoms with E-state index in [0.29, 0.717) is 0 Å². The molecule has 13 heteroatoms. The van der Waals surface area contributed by atoms with Crippen LogP contribution in [0, 0.1) is 28.6 Å². The third kappa shape index (κ3) is 5.26. The number of ether oxygens (including phenoxy) is 2. The number of hydrogen-bond donors (Lipinski definition) is 3. The number of primary amides is 1. The molecule has 1 saturated carbocycles. The zero-order chi connectivity index (χ0) is 34.1. The number of amides is 1. The number of allylic oxidation sites excluding steroid dienone is 1. The minimum Gasteiger partial charge on any atom is -0.507 e. The standard InChI is InChI=1S/C32H43F3N4O6/c1-14(30(2,3)4)39(7)13-16-12-19(40)21-17(23(16)32(33,34)35)10-15-11-18-24(38(5)6)26(42)22(29(37)43)27(36)31(18,45-9)28(44-8)20(15)25(21)41/h12,14-15,18,22,24,36,40H,10-11,13H2,1-9H3,(H2,37,43). The number of likely N-dealkylation sites (N-methyl/N-ethyl adjacent to an activating group) is 1. The molecule has 248 valence electrons. The predicted molar refractivity (Wildman–Crippen MR) is 160 cm³/mol. The van der Waals surface area contributed by atoms with Crippen molar-refractivity contribution in [3.05, 3.63) is 39.7 Å². The third-order valence-electron chi connectivity index (χ3n) is 10.1. The molecule has 0 heterocycles. The number of nitrogens with two attached hydrogens (primary N) is 1. The highest BCUT2D eigenvalue weighted by Crippen LogP contribution is 2.55. The molecule has 4 rings (SSSR count). The van der Waals surface area contributed by atoms with Gasteiger partial charge in [-0.3, -0.25) is 24.2 Å². The zero-order valence-corrected chi connectivity index (χ0v) is 27.2. The Labute approximate surface area is 261 Å². The number of methoxy groups -OCH3 is 2. The molecule has 6 unspecified atom stereocenters. The Morgan fingerprint density at radius 1 is 1.20 bits per heavy atom. The lowest BCUT2D eigenvalue weighted by atomic mass is 9.55. The number of fused-ring (bicyclic) bond motifs is 3. The van der Waals surface area contributed by atoms with Crippen LogP contribution in [0.25, 0.3) is 0 Å². The van der Waals surface area contributed by atoms with Gasteiger partial charge in [0, 0.05) is 31.2 Å². The number of carbonyl (C=O) groups excluding carboxylic acids is 3. The molecule has 6 atom stereocenters. The second-order valence-corrected chi connectivity index (χ2v) is 13.8. The van der Waals surface area contributed by atoms with E-state index in [2.05, 4.69) is 0 Å². The Bertz CT molecular complexity index is 1480. The van der Waals surface area contributed by atoms with Crippen LogP contribution in [0.1, 0.15) is 61.2 Å². The molecule has 0 aromatic heterocycles. The monoisotopic (exact) mass is 636 g/mol. The van der Waals surface area contributed by atoms with Crippen molar-refractivity contribution in [1.29, 1.82) is 5.41 Å². The fourth-order valence-corrected chi connectivity index (χ4v) is 7.70. The van der Waals surface area contributed by atoms with Crippen LogP contribution >= 0.6 is 0 Å². The van der Waals surface area contributed by atoms with Gasteiger partial charge >= 0.3 is 6.18 Å². The summed E-state index contributed by atoms with van der Waals surface area (Å²) in [6, 6.07) is -0.151. The van der Waals surface area contributed by atoms with E-state index < -0.39 is 75.6 Å². The lowest BCUT2D eigenvalue weighted by Crippen LogP contribution is -2.70. The Morgan fingerprint density at radius 2 is 1.80 bits per heavy atom. The minimum atomic E-state index is -4.85. The number of rotatable bonds is 7. The molecule has 10 nitrogen and oxygen atoms in total. The van der Waals surface area contributed by atoms with Gasteiger partial charge in [0.2, 0.25) is 5.91 Å². The van der Waals surface area contributed by atoms with Gasteiger partial charge in [0.05, 0.1) is 30.0 Å². The molecule has 1 aromatic rings. The first-order chi connectivity index (χ1) is 20.7. The van der Waals surface area contributed by atoms with Gasteiger partial charge in [-0.15, -0.1) is 0 Å². The van der Waals surface area contributed by atoms with Crippen LogP contribution in [0.15, 0.2) is 17.4 Å². The normalized spacial score (nSPS) is 27.8. The van der Waals surface area contributed by atoms with Crippen molar-refractivity contribution >= 4 is 23.2 Å². The highest BCUT2D eigenvalue weighted by Gasteiger charge is 2.66. The van der Waals surface area contributed by atoms with Gasteiger partial charge in [-0.1, -0.05) is 20.8 Å². The van der Waals surface area contributed by atoms with Crippen LogP contribution in [0.2, 0.25) is 0 Å². The SMILES string of the molecule is COC1=C2C(=O)c3c(O)cc(CN(C)C(C)C(C)(C)C)c(C(F)(F)F)c3CC2CC2C(N(C)C)C(=O)C(C(N)=O)C(=N)C12OC. The highest BCUT2D eigenvalue weighted by molar-refractivity contribution is 6.26. The van der Waals surface area contributed by atoms with E-state index in [1.54, 1.807) is 30.9 Å². The number of benzene rings is 1. The largest absolute Gasteiger partial charge is 0.507 e. The Balaban J connectivity index is 1.99. The highest BCUT2D eigenvalue weighted by atomic mass is 19.4. The van der Waals surface area contributed by atoms with Crippen LogP contribution in [0.4, 0.5) is 13.2 Å². The lowest BCUT2D eigenvalue weighted by molar-refractivity contribution is -0.143. The number of nitrogens with one attached hydrogen (secondary N) is 1. The Morgan fingerprint density at radius 3 is 2.27 bits per heavy atom. The Kier molecular flexibility index (Phi) is 8.84. The molecule has 45 heavy (non-hydrogen) atoms. The quantitative estimate of drug-likeness (QED) is 0.385. The number of phenols is 1. The van der Waals surface area contributed by atoms with Crippen LogP contribution in [0.5, 0.6) is 5.75 Å². The summed E-state index contributed by atoms with van der Waals surface area (Å²) < 4.78 is 56.5. The molecule has 3 aliphatic carbocycles. The van der Waals surface area contributed by atoms with Crippen LogP contribution < -0.4 is 5.73 Å². The number of ketones is 2. The lowest BCUT2D eigenvalue weighted by Gasteiger charge is -2.54. The average molecular weight is 637 g/mol. The van der Waals surface area contributed by atoms with Crippen molar-refractivity contribution in [2.75, 3.05) is 35.4 Å². The topological polar surface area (TPSA) is 146 Å². The molecular formula is C32H43F3N4O6. The first-order valence-electron chi connectivity index (χ1n) is 14.8. The summed E-state index contributed by atoms with van der Waals surface area (Å²) in [4.78, 5) is 43.7. The van der Waals surface area contributed by atoms with Gasteiger partial charge in [0.1, 0.15) is 17.4 Å².